The third-order valence-corrected chi connectivity index (χ3v) is 8.06. The smallest absolute Gasteiger partial charge is 0.204 e. The number of tetrazole rings is 1. The number of sulfone groups is 1. The summed E-state index contributed by atoms with van der Waals surface area (Å²) in [6.07, 6.45) is 3.72. The molecular weight excluding hydrogens is 422 g/mol. The van der Waals surface area contributed by atoms with E-state index in [2.05, 4.69) is 25.6 Å². The summed E-state index contributed by atoms with van der Waals surface area (Å²) in [6.45, 7) is 0.745. The molecule has 1 atom stereocenters. The fourth-order valence-electron chi connectivity index (χ4n) is 3.54. The zero-order valence-electron chi connectivity index (χ0n) is 16.9. The third-order valence-electron chi connectivity index (χ3n) is 5.18. The molecule has 0 aliphatic carbocycles. The number of hydrogen-bond donors (Lipinski definition) is 0. The minimum atomic E-state index is -2.92. The summed E-state index contributed by atoms with van der Waals surface area (Å²) in [4.78, 5) is 1.65. The maximum absolute atomic E-state index is 11.7. The fraction of sp³-hybridized carbons (Fsp3) is 0.526. The summed E-state index contributed by atoms with van der Waals surface area (Å²) in [6, 6.07) is 9.84. The lowest BCUT2D eigenvalue weighted by Gasteiger charge is -2.07. The summed E-state index contributed by atoms with van der Waals surface area (Å²) >= 11 is 1.66. The van der Waals surface area contributed by atoms with E-state index in [1.807, 2.05) is 41.9 Å². The molecule has 30 heavy (non-hydrogen) atoms. The van der Waals surface area contributed by atoms with Crippen LogP contribution in [0.4, 0.5) is 0 Å². The first-order valence-corrected chi connectivity index (χ1v) is 12.9. The van der Waals surface area contributed by atoms with Crippen LogP contribution in [0.15, 0.2) is 35.5 Å². The predicted octanol–water partition coefficient (Wildman–Crippen LogP) is 2.33. The van der Waals surface area contributed by atoms with Crippen molar-refractivity contribution in [1.29, 1.82) is 0 Å². The number of rotatable bonds is 9. The quantitative estimate of drug-likeness (QED) is 0.363. The molecule has 11 heteroatoms. The molecule has 1 fully saturated rings. The molecule has 160 valence electrons. The van der Waals surface area contributed by atoms with Crippen LogP contribution in [0.3, 0.4) is 0 Å². The molecule has 1 aromatic carbocycles. The van der Waals surface area contributed by atoms with Gasteiger partial charge in [0.2, 0.25) is 5.82 Å². The van der Waals surface area contributed by atoms with Gasteiger partial charge in [0.15, 0.2) is 15.0 Å². The monoisotopic (exact) mass is 447 g/mol. The van der Waals surface area contributed by atoms with Crippen LogP contribution in [-0.2, 0) is 23.4 Å². The first kappa shape index (κ1) is 21.0. The molecule has 0 N–H and O–H groups in total. The van der Waals surface area contributed by atoms with E-state index in [4.69, 9.17) is 0 Å². The van der Waals surface area contributed by atoms with Crippen molar-refractivity contribution in [2.45, 2.75) is 43.3 Å². The molecule has 3 aromatic rings. The Hall–Kier alpha value is -2.27. The Bertz CT molecular complexity index is 1080. The van der Waals surface area contributed by atoms with Gasteiger partial charge in [-0.25, -0.2) is 8.42 Å². The molecule has 3 heterocycles. The number of benzene rings is 1. The van der Waals surface area contributed by atoms with Crippen molar-refractivity contribution in [3.05, 3.63) is 36.2 Å². The highest BCUT2D eigenvalue weighted by Gasteiger charge is 2.32. The molecular formula is C19H25N7O2S2. The zero-order chi connectivity index (χ0) is 21.0. The maximum Gasteiger partial charge on any atom is 0.204 e. The second-order valence-corrected chi connectivity index (χ2v) is 10.8. The van der Waals surface area contributed by atoms with Gasteiger partial charge in [0, 0.05) is 24.3 Å². The second kappa shape index (κ2) is 9.25. The number of hydrogen-bond acceptors (Lipinski definition) is 8. The van der Waals surface area contributed by atoms with E-state index in [0.29, 0.717) is 12.2 Å². The van der Waals surface area contributed by atoms with Crippen LogP contribution in [0.5, 0.6) is 0 Å². The number of nitrogens with zero attached hydrogens (tertiary/aromatic N) is 7. The zero-order valence-corrected chi connectivity index (χ0v) is 18.5. The molecule has 0 saturated carbocycles. The minimum Gasteiger partial charge on any atom is -0.309 e. The average molecular weight is 448 g/mol. The van der Waals surface area contributed by atoms with Gasteiger partial charge in [0.25, 0.3) is 0 Å². The van der Waals surface area contributed by atoms with E-state index in [9.17, 15) is 8.42 Å². The van der Waals surface area contributed by atoms with E-state index >= 15 is 0 Å². The third kappa shape index (κ3) is 5.07. The molecule has 1 saturated heterocycles. The Morgan fingerprint density at radius 1 is 1.10 bits per heavy atom. The van der Waals surface area contributed by atoms with E-state index in [0.717, 1.165) is 48.1 Å². The maximum atomic E-state index is 11.7. The van der Waals surface area contributed by atoms with Crippen LogP contribution >= 0.6 is 11.8 Å². The Kier molecular flexibility index (Phi) is 6.47. The number of thioether (sulfide) groups is 1. The van der Waals surface area contributed by atoms with Gasteiger partial charge in [-0.2, -0.15) is 4.80 Å². The van der Waals surface area contributed by atoms with Crippen LogP contribution in [0.25, 0.3) is 11.4 Å². The van der Waals surface area contributed by atoms with Crippen molar-refractivity contribution in [2.75, 3.05) is 17.3 Å². The minimum absolute atomic E-state index is 0.0298. The van der Waals surface area contributed by atoms with Crippen LogP contribution in [0, 0.1) is 0 Å². The molecule has 0 radical (unpaired) electrons. The lowest BCUT2D eigenvalue weighted by molar-refractivity contribution is 0.487. The van der Waals surface area contributed by atoms with Gasteiger partial charge >= 0.3 is 0 Å². The van der Waals surface area contributed by atoms with Crippen molar-refractivity contribution < 1.29 is 8.42 Å². The molecule has 0 bridgehead atoms. The second-order valence-electron chi connectivity index (χ2n) is 7.48. The molecule has 1 aliphatic rings. The van der Waals surface area contributed by atoms with Gasteiger partial charge in [-0.05, 0) is 24.5 Å². The van der Waals surface area contributed by atoms with Crippen LogP contribution in [0.2, 0.25) is 0 Å². The van der Waals surface area contributed by atoms with Crippen molar-refractivity contribution in [3.8, 4) is 11.4 Å². The van der Waals surface area contributed by atoms with Crippen molar-refractivity contribution >= 4 is 21.6 Å². The molecule has 9 nitrogen and oxygen atoms in total. The first-order valence-electron chi connectivity index (χ1n) is 10.1. The molecule has 1 aliphatic heterocycles. The highest BCUT2D eigenvalue weighted by atomic mass is 32.2. The van der Waals surface area contributed by atoms with Crippen molar-refractivity contribution in [2.24, 2.45) is 7.05 Å². The Balaban J connectivity index is 1.18. The van der Waals surface area contributed by atoms with Crippen molar-refractivity contribution in [3.63, 3.8) is 0 Å². The van der Waals surface area contributed by atoms with Gasteiger partial charge in [-0.3, -0.25) is 0 Å². The van der Waals surface area contributed by atoms with Gasteiger partial charge in [0.1, 0.15) is 5.82 Å². The number of aryl methyl sites for hydroxylation is 1. The van der Waals surface area contributed by atoms with Crippen LogP contribution in [0.1, 0.15) is 37.4 Å². The SMILES string of the molecule is Cn1c(SCCCCCn2nnc(-c3ccccc3)n2)nnc1C1CCS(=O)(=O)C1. The summed E-state index contributed by atoms with van der Waals surface area (Å²) in [7, 11) is -1.00. The lowest BCUT2D eigenvalue weighted by Crippen LogP contribution is -2.09. The van der Waals surface area contributed by atoms with E-state index in [1.165, 1.54) is 0 Å². The summed E-state index contributed by atoms with van der Waals surface area (Å²) in [5.41, 5.74) is 0.971. The number of unbranched alkanes of at least 4 members (excludes halogenated alkanes) is 2. The van der Waals surface area contributed by atoms with E-state index in [-0.39, 0.29) is 17.4 Å². The number of aromatic nitrogens is 7. The van der Waals surface area contributed by atoms with E-state index < -0.39 is 9.84 Å². The molecule has 2 aromatic heterocycles. The van der Waals surface area contributed by atoms with Gasteiger partial charge in [-0.15, -0.1) is 20.4 Å². The Morgan fingerprint density at radius 3 is 2.70 bits per heavy atom. The summed E-state index contributed by atoms with van der Waals surface area (Å²) in [5, 5.41) is 22.0. The van der Waals surface area contributed by atoms with Crippen LogP contribution < -0.4 is 0 Å². The normalized spacial score (nSPS) is 18.1. The molecule has 1 unspecified atom stereocenters. The topological polar surface area (TPSA) is 108 Å². The largest absolute Gasteiger partial charge is 0.309 e. The summed E-state index contributed by atoms with van der Waals surface area (Å²) in [5.74, 6) is 2.78. The standard InChI is InChI=1S/C19H25N7O2S2/c1-25-18(16-10-13-30(27,28)14-16)21-22-19(25)29-12-7-3-6-11-26-23-17(20-24-26)15-8-4-2-5-9-15/h2,4-5,8-9,16H,3,6-7,10-14H2,1H3. The molecule has 4 rings (SSSR count). The van der Waals surface area contributed by atoms with Gasteiger partial charge < -0.3 is 4.57 Å². The van der Waals surface area contributed by atoms with Gasteiger partial charge in [0.05, 0.1) is 18.1 Å². The summed E-state index contributed by atoms with van der Waals surface area (Å²) < 4.78 is 25.4. The highest BCUT2D eigenvalue weighted by Crippen LogP contribution is 2.29. The van der Waals surface area contributed by atoms with Gasteiger partial charge in [-0.1, -0.05) is 48.5 Å². The van der Waals surface area contributed by atoms with Crippen LogP contribution in [-0.4, -0.2) is 60.6 Å². The Labute approximate surface area is 180 Å². The molecule has 0 amide bonds. The lowest BCUT2D eigenvalue weighted by atomic mass is 10.1. The predicted molar refractivity (Wildman–Crippen MR) is 115 cm³/mol. The molecule has 0 spiro atoms. The Morgan fingerprint density at radius 2 is 1.93 bits per heavy atom. The average Bonchev–Trinajstić information content (AvgIpc) is 3.44. The van der Waals surface area contributed by atoms with Crippen molar-refractivity contribution in [1.82, 2.24) is 35.0 Å². The first-order chi connectivity index (χ1) is 14.5. The van der Waals surface area contributed by atoms with E-state index in [1.54, 1.807) is 16.6 Å². The highest BCUT2D eigenvalue weighted by molar-refractivity contribution is 7.99. The fourth-order valence-corrected chi connectivity index (χ4v) is 6.20.